The summed E-state index contributed by atoms with van der Waals surface area (Å²) in [5, 5.41) is 0. The molecule has 2 aliphatic rings. The van der Waals surface area contributed by atoms with Gasteiger partial charge in [-0.25, -0.2) is 0 Å². The number of fused-ring (bicyclic) bond motifs is 1. The molecule has 0 N–H and O–H groups in total. The Morgan fingerprint density at radius 1 is 1.28 bits per heavy atom. The van der Waals surface area contributed by atoms with Gasteiger partial charge in [-0.2, -0.15) is 0 Å². The van der Waals surface area contributed by atoms with Gasteiger partial charge in [0.25, 0.3) is 0 Å². The highest BCUT2D eigenvalue weighted by molar-refractivity contribution is 5.76. The third kappa shape index (κ3) is 5.00. The number of aromatic nitrogens is 2. The molecule has 1 amide bonds. The van der Waals surface area contributed by atoms with Crippen LogP contribution in [-0.4, -0.2) is 58.5 Å². The number of rotatable bonds is 6. The number of nitrogens with zero attached hydrogens (tertiary/aromatic N) is 4. The maximum Gasteiger partial charge on any atom is 0.225 e. The molecule has 6 nitrogen and oxygen atoms in total. The molecule has 3 heterocycles. The number of carbonyl (C=O) groups is 1. The minimum absolute atomic E-state index is 0.0478. The fourth-order valence-electron chi connectivity index (χ4n) is 4.61. The third-order valence-electron chi connectivity index (χ3n) is 6.13. The van der Waals surface area contributed by atoms with Gasteiger partial charge in [0, 0.05) is 45.0 Å². The van der Waals surface area contributed by atoms with E-state index in [-0.39, 0.29) is 12.0 Å². The van der Waals surface area contributed by atoms with Crippen molar-refractivity contribution < 1.29 is 9.53 Å². The van der Waals surface area contributed by atoms with E-state index < -0.39 is 0 Å². The number of amides is 1. The summed E-state index contributed by atoms with van der Waals surface area (Å²) in [4.78, 5) is 25.8. The number of piperidine rings is 1. The molecule has 1 aromatic carbocycles. The van der Waals surface area contributed by atoms with E-state index in [9.17, 15) is 4.79 Å². The summed E-state index contributed by atoms with van der Waals surface area (Å²) in [5.41, 5.74) is 3.14. The van der Waals surface area contributed by atoms with E-state index in [0.717, 1.165) is 49.6 Å². The molecule has 154 valence electrons. The first-order chi connectivity index (χ1) is 14.1. The number of benzene rings is 1. The molecular formula is C23H30N4O2. The molecule has 0 spiro atoms. The molecule has 0 unspecified atom stereocenters. The molecule has 4 rings (SSSR count). The van der Waals surface area contributed by atoms with Gasteiger partial charge in [-0.05, 0) is 31.4 Å². The second-order valence-corrected chi connectivity index (χ2v) is 8.41. The second kappa shape index (κ2) is 9.01. The summed E-state index contributed by atoms with van der Waals surface area (Å²) >= 11 is 0. The smallest absolute Gasteiger partial charge is 0.225 e. The molecule has 2 saturated heterocycles. The number of aryl methyl sites for hydroxylation is 1. The monoisotopic (exact) mass is 394 g/mol. The summed E-state index contributed by atoms with van der Waals surface area (Å²) in [6, 6.07) is 10.1. The lowest BCUT2D eigenvalue weighted by Gasteiger charge is -2.35. The van der Waals surface area contributed by atoms with Gasteiger partial charge in [-0.15, -0.1) is 0 Å². The average molecular weight is 395 g/mol. The maximum atomic E-state index is 12.7. The van der Waals surface area contributed by atoms with Crippen molar-refractivity contribution in [2.45, 2.75) is 39.0 Å². The van der Waals surface area contributed by atoms with Gasteiger partial charge in [0.05, 0.1) is 30.5 Å². The Kier molecular flexibility index (Phi) is 6.21. The van der Waals surface area contributed by atoms with Crippen molar-refractivity contribution in [2.75, 3.05) is 26.7 Å². The molecule has 0 saturated carbocycles. The molecule has 3 atom stereocenters. The summed E-state index contributed by atoms with van der Waals surface area (Å²) in [6.07, 6.45) is 5.25. The Morgan fingerprint density at radius 3 is 2.90 bits per heavy atom. The van der Waals surface area contributed by atoms with E-state index in [1.807, 2.05) is 43.3 Å². The predicted octanol–water partition coefficient (Wildman–Crippen LogP) is 2.67. The van der Waals surface area contributed by atoms with Crippen molar-refractivity contribution in [3.05, 3.63) is 59.7 Å². The minimum Gasteiger partial charge on any atom is -0.377 e. The van der Waals surface area contributed by atoms with Gasteiger partial charge >= 0.3 is 0 Å². The van der Waals surface area contributed by atoms with E-state index in [2.05, 4.69) is 27.0 Å². The number of likely N-dealkylation sites (tertiary alicyclic amines) is 1. The Hall–Kier alpha value is -2.31. The zero-order valence-corrected chi connectivity index (χ0v) is 17.3. The number of hydrogen-bond donors (Lipinski definition) is 0. The zero-order chi connectivity index (χ0) is 20.2. The summed E-state index contributed by atoms with van der Waals surface area (Å²) in [5.74, 6) is 1.14. The third-order valence-corrected chi connectivity index (χ3v) is 6.13. The largest absolute Gasteiger partial charge is 0.377 e. The van der Waals surface area contributed by atoms with Gasteiger partial charge < -0.3 is 9.64 Å². The molecule has 0 aliphatic carbocycles. The topological polar surface area (TPSA) is 58.6 Å². The Labute approximate surface area is 172 Å². The molecule has 2 aliphatic heterocycles. The van der Waals surface area contributed by atoms with Crippen molar-refractivity contribution in [2.24, 2.45) is 11.8 Å². The van der Waals surface area contributed by atoms with Gasteiger partial charge in [0.15, 0.2) is 0 Å². The van der Waals surface area contributed by atoms with E-state index >= 15 is 0 Å². The average Bonchev–Trinajstić information content (AvgIpc) is 3.10. The summed E-state index contributed by atoms with van der Waals surface area (Å²) in [6.45, 7) is 6.23. The van der Waals surface area contributed by atoms with Crippen LogP contribution in [0.1, 0.15) is 29.8 Å². The van der Waals surface area contributed by atoms with E-state index in [0.29, 0.717) is 24.8 Å². The lowest BCUT2D eigenvalue weighted by atomic mass is 9.83. The van der Waals surface area contributed by atoms with Gasteiger partial charge in [0.1, 0.15) is 0 Å². The minimum atomic E-state index is 0.0478. The van der Waals surface area contributed by atoms with Crippen LogP contribution in [0.15, 0.2) is 42.7 Å². The fourth-order valence-corrected chi connectivity index (χ4v) is 4.61. The fraction of sp³-hybridized carbons (Fsp3) is 0.522. The van der Waals surface area contributed by atoms with Crippen LogP contribution in [-0.2, 0) is 22.6 Å². The van der Waals surface area contributed by atoms with Crippen molar-refractivity contribution >= 4 is 5.91 Å². The van der Waals surface area contributed by atoms with Crippen molar-refractivity contribution in [3.8, 4) is 0 Å². The van der Waals surface area contributed by atoms with Crippen molar-refractivity contribution in [1.82, 2.24) is 19.8 Å². The van der Waals surface area contributed by atoms with Crippen LogP contribution >= 0.6 is 0 Å². The lowest BCUT2D eigenvalue weighted by molar-refractivity contribution is -0.133. The normalized spacial score (nSPS) is 24.3. The van der Waals surface area contributed by atoms with Crippen LogP contribution in [0, 0.1) is 18.8 Å². The first-order valence-corrected chi connectivity index (χ1v) is 10.5. The van der Waals surface area contributed by atoms with Crippen molar-refractivity contribution in [1.29, 1.82) is 0 Å². The van der Waals surface area contributed by atoms with Crippen LogP contribution in [0.3, 0.4) is 0 Å². The lowest BCUT2D eigenvalue weighted by Crippen LogP contribution is -2.42. The maximum absolute atomic E-state index is 12.7. The zero-order valence-electron chi connectivity index (χ0n) is 17.3. The van der Waals surface area contributed by atoms with Crippen LogP contribution < -0.4 is 0 Å². The van der Waals surface area contributed by atoms with Gasteiger partial charge in [-0.3, -0.25) is 19.7 Å². The van der Waals surface area contributed by atoms with E-state index in [1.54, 1.807) is 6.20 Å². The molecule has 2 aromatic rings. The predicted molar refractivity (Wildman–Crippen MR) is 111 cm³/mol. The number of carbonyl (C=O) groups excluding carboxylic acids is 1. The number of hydrogen-bond acceptors (Lipinski definition) is 5. The Morgan fingerprint density at radius 2 is 2.10 bits per heavy atom. The second-order valence-electron chi connectivity index (χ2n) is 8.41. The van der Waals surface area contributed by atoms with Gasteiger partial charge in [0.2, 0.25) is 5.91 Å². The Balaban J connectivity index is 1.28. The van der Waals surface area contributed by atoms with Crippen LogP contribution in [0.5, 0.6) is 0 Å². The van der Waals surface area contributed by atoms with Crippen LogP contribution in [0.4, 0.5) is 0 Å². The highest BCUT2D eigenvalue weighted by atomic mass is 16.5. The van der Waals surface area contributed by atoms with Crippen LogP contribution in [0.25, 0.3) is 0 Å². The molecular weight excluding hydrogens is 364 g/mol. The van der Waals surface area contributed by atoms with Gasteiger partial charge in [-0.1, -0.05) is 30.3 Å². The van der Waals surface area contributed by atoms with Crippen molar-refractivity contribution in [3.63, 3.8) is 0 Å². The molecule has 29 heavy (non-hydrogen) atoms. The quantitative estimate of drug-likeness (QED) is 0.754. The SMILES string of the molecule is Cc1cncc(CN2CC[C@@H]3[C@@H](CO[C@H]3CC(=O)N(C)Cc3ccccc3)C2)n1. The van der Waals surface area contributed by atoms with E-state index in [4.69, 9.17) is 4.74 Å². The highest BCUT2D eigenvalue weighted by Gasteiger charge is 2.41. The standard InChI is InChI=1S/C23H30N4O2/c1-17-11-24-12-20(25-17)15-27-9-8-21-19(14-27)16-29-22(21)10-23(28)26(2)13-18-6-4-3-5-7-18/h3-7,11-12,19,21-22H,8-10,13-16H2,1-2H3/t19-,21-,22+/m1/s1. The first kappa shape index (κ1) is 20.0. The number of ether oxygens (including phenoxy) is 1. The molecule has 6 heteroatoms. The van der Waals surface area contributed by atoms with Crippen LogP contribution in [0.2, 0.25) is 0 Å². The molecule has 2 fully saturated rings. The summed E-state index contributed by atoms with van der Waals surface area (Å²) in [7, 11) is 1.88. The first-order valence-electron chi connectivity index (χ1n) is 10.5. The molecule has 0 bridgehead atoms. The molecule has 1 aromatic heterocycles. The van der Waals surface area contributed by atoms with E-state index in [1.165, 1.54) is 0 Å². The Bertz CT molecular complexity index is 829. The highest BCUT2D eigenvalue weighted by Crippen LogP contribution is 2.36. The molecule has 0 radical (unpaired) electrons. The summed E-state index contributed by atoms with van der Waals surface area (Å²) < 4.78 is 6.09.